The first-order valence-electron chi connectivity index (χ1n) is 8.73. The van der Waals surface area contributed by atoms with Crippen LogP contribution < -0.4 is 4.74 Å². The van der Waals surface area contributed by atoms with Gasteiger partial charge in [0.2, 0.25) is 0 Å². The summed E-state index contributed by atoms with van der Waals surface area (Å²) in [5, 5.41) is 1.33. The molecule has 2 atom stereocenters. The third-order valence-electron chi connectivity index (χ3n) is 4.94. The van der Waals surface area contributed by atoms with Crippen molar-refractivity contribution in [2.75, 3.05) is 0 Å². The summed E-state index contributed by atoms with van der Waals surface area (Å²) in [6.07, 6.45) is -10.1. The third-order valence-corrected chi connectivity index (χ3v) is 7.70. The molecule has 0 bridgehead atoms. The van der Waals surface area contributed by atoms with Crippen molar-refractivity contribution in [1.29, 1.82) is 0 Å². The van der Waals surface area contributed by atoms with Crippen LogP contribution in [0.25, 0.3) is 10.8 Å². The SMILES string of the molecule is O=C(Oc1ccc2c3c(cccc13)C(Br)C2Br)c1cc(C(F)(F)F)cc(C(F)(F)F)c1. The van der Waals surface area contributed by atoms with Gasteiger partial charge in [0.05, 0.1) is 26.3 Å². The minimum atomic E-state index is -5.06. The number of esters is 1. The monoisotopic (exact) mass is 566 g/mol. The van der Waals surface area contributed by atoms with Gasteiger partial charge < -0.3 is 4.74 Å². The largest absolute Gasteiger partial charge is 0.422 e. The standard InChI is InChI=1S/C21H10Br2F6O2/c22-17-13-3-1-2-12-15(5-4-14(16(12)13)18(17)23)31-19(30)9-6-10(20(24,25)26)8-11(7-9)21(27,28)29/h1-8,17-18H. The van der Waals surface area contributed by atoms with Gasteiger partial charge >= 0.3 is 18.3 Å². The van der Waals surface area contributed by atoms with Crippen LogP contribution in [0.3, 0.4) is 0 Å². The Hall–Kier alpha value is -2.07. The third kappa shape index (κ3) is 3.95. The Morgan fingerprint density at radius 3 is 1.90 bits per heavy atom. The average Bonchev–Trinajstić information content (AvgIpc) is 2.94. The van der Waals surface area contributed by atoms with Crippen molar-refractivity contribution in [3.05, 3.63) is 76.3 Å². The Labute approximate surface area is 188 Å². The maximum absolute atomic E-state index is 13.1. The normalized spacial score (nSPS) is 18.5. The number of alkyl halides is 8. The second kappa shape index (κ2) is 7.51. The zero-order valence-corrected chi connectivity index (χ0v) is 18.3. The van der Waals surface area contributed by atoms with Crippen LogP contribution in [-0.2, 0) is 12.4 Å². The van der Waals surface area contributed by atoms with E-state index in [1.807, 2.05) is 6.07 Å². The lowest BCUT2D eigenvalue weighted by atomic mass is 10.0. The summed E-state index contributed by atoms with van der Waals surface area (Å²) in [7, 11) is 0. The molecule has 10 heteroatoms. The Kier molecular flexibility index (Phi) is 5.36. The first kappa shape index (κ1) is 22.1. The molecular formula is C21H10Br2F6O2. The van der Waals surface area contributed by atoms with Crippen LogP contribution in [0, 0.1) is 0 Å². The number of hydrogen-bond acceptors (Lipinski definition) is 2. The van der Waals surface area contributed by atoms with Crippen LogP contribution in [0.5, 0.6) is 5.75 Å². The Morgan fingerprint density at radius 2 is 1.35 bits per heavy atom. The van der Waals surface area contributed by atoms with Gasteiger partial charge in [-0.25, -0.2) is 4.79 Å². The fourth-order valence-electron chi connectivity index (χ4n) is 3.53. The van der Waals surface area contributed by atoms with Crippen molar-refractivity contribution in [2.45, 2.75) is 22.0 Å². The molecule has 2 nitrogen and oxygen atoms in total. The van der Waals surface area contributed by atoms with Crippen molar-refractivity contribution in [3.8, 4) is 5.75 Å². The predicted molar refractivity (Wildman–Crippen MR) is 109 cm³/mol. The first-order chi connectivity index (χ1) is 14.4. The fourth-order valence-corrected chi connectivity index (χ4v) is 4.86. The van der Waals surface area contributed by atoms with Crippen molar-refractivity contribution in [1.82, 2.24) is 0 Å². The van der Waals surface area contributed by atoms with Gasteiger partial charge in [-0.2, -0.15) is 26.3 Å². The van der Waals surface area contributed by atoms with Gasteiger partial charge in [0, 0.05) is 5.39 Å². The van der Waals surface area contributed by atoms with Gasteiger partial charge in [0.1, 0.15) is 5.75 Å². The summed E-state index contributed by atoms with van der Waals surface area (Å²) in [5.74, 6) is -1.28. The van der Waals surface area contributed by atoms with Gasteiger partial charge in [0.15, 0.2) is 0 Å². The predicted octanol–water partition coefficient (Wildman–Crippen LogP) is 7.98. The molecule has 1 aliphatic rings. The van der Waals surface area contributed by atoms with Crippen LogP contribution in [0.15, 0.2) is 48.5 Å². The summed E-state index contributed by atoms with van der Waals surface area (Å²) < 4.78 is 83.7. The van der Waals surface area contributed by atoms with E-state index in [9.17, 15) is 31.1 Å². The molecule has 0 fully saturated rings. The lowest BCUT2D eigenvalue weighted by Crippen LogP contribution is -2.16. The van der Waals surface area contributed by atoms with Gasteiger partial charge in [-0.3, -0.25) is 0 Å². The number of hydrogen-bond donors (Lipinski definition) is 0. The van der Waals surface area contributed by atoms with Gasteiger partial charge in [-0.1, -0.05) is 56.1 Å². The summed E-state index contributed by atoms with van der Waals surface area (Å²) >= 11 is 7.15. The second-order valence-electron chi connectivity index (χ2n) is 6.91. The highest BCUT2D eigenvalue weighted by Crippen LogP contribution is 2.54. The van der Waals surface area contributed by atoms with Crippen molar-refractivity contribution < 1.29 is 35.9 Å². The minimum absolute atomic E-state index is 0.0397. The number of carbonyl (C=O) groups is 1. The van der Waals surface area contributed by atoms with Crippen molar-refractivity contribution in [3.63, 3.8) is 0 Å². The number of carbonyl (C=O) groups excluding carboxylic acids is 1. The Bertz CT molecular complexity index is 1160. The molecule has 1 aliphatic carbocycles. The zero-order chi connectivity index (χ0) is 22.7. The van der Waals surface area contributed by atoms with Gasteiger partial charge in [-0.05, 0) is 40.8 Å². The molecule has 0 heterocycles. The van der Waals surface area contributed by atoms with Crippen LogP contribution in [0.2, 0.25) is 0 Å². The van der Waals surface area contributed by atoms with E-state index < -0.39 is 35.0 Å². The van der Waals surface area contributed by atoms with Crippen LogP contribution >= 0.6 is 31.9 Å². The Morgan fingerprint density at radius 1 is 0.806 bits per heavy atom. The molecule has 162 valence electrons. The molecule has 31 heavy (non-hydrogen) atoms. The van der Waals surface area contributed by atoms with Gasteiger partial charge in [-0.15, -0.1) is 0 Å². The molecule has 0 radical (unpaired) electrons. The summed E-state index contributed by atoms with van der Waals surface area (Å²) in [5.41, 5.74) is -2.17. The maximum Gasteiger partial charge on any atom is 0.416 e. The van der Waals surface area contributed by atoms with Gasteiger partial charge in [0.25, 0.3) is 0 Å². The van der Waals surface area contributed by atoms with Crippen LogP contribution in [0.1, 0.15) is 42.3 Å². The second-order valence-corrected chi connectivity index (χ2v) is 8.88. The molecule has 0 N–H and O–H groups in total. The van der Waals surface area contributed by atoms with E-state index in [0.29, 0.717) is 17.5 Å². The first-order valence-corrected chi connectivity index (χ1v) is 10.6. The molecular weight excluding hydrogens is 558 g/mol. The summed E-state index contributed by atoms with van der Waals surface area (Å²) in [6.45, 7) is 0. The molecule has 0 aliphatic heterocycles. The highest BCUT2D eigenvalue weighted by molar-refractivity contribution is 9.12. The zero-order valence-electron chi connectivity index (χ0n) is 15.1. The average molecular weight is 568 g/mol. The van der Waals surface area contributed by atoms with E-state index in [2.05, 4.69) is 31.9 Å². The molecule has 2 unspecified atom stereocenters. The lowest BCUT2D eigenvalue weighted by molar-refractivity contribution is -0.143. The Balaban J connectivity index is 1.77. The van der Waals surface area contributed by atoms with Crippen molar-refractivity contribution >= 4 is 48.6 Å². The molecule has 3 aromatic carbocycles. The van der Waals surface area contributed by atoms with Crippen LogP contribution in [-0.4, -0.2) is 5.97 Å². The molecule has 0 spiro atoms. The maximum atomic E-state index is 13.1. The fraction of sp³-hybridized carbons (Fsp3) is 0.190. The van der Waals surface area contributed by atoms with Crippen molar-refractivity contribution in [2.24, 2.45) is 0 Å². The topological polar surface area (TPSA) is 26.3 Å². The molecule has 0 amide bonds. The number of halogens is 8. The smallest absolute Gasteiger partial charge is 0.416 e. The van der Waals surface area contributed by atoms with E-state index in [0.717, 1.165) is 16.5 Å². The number of benzene rings is 3. The van der Waals surface area contributed by atoms with E-state index in [4.69, 9.17) is 4.74 Å². The molecule has 0 aromatic heterocycles. The van der Waals surface area contributed by atoms with E-state index >= 15 is 0 Å². The van der Waals surface area contributed by atoms with E-state index in [1.54, 1.807) is 18.2 Å². The molecule has 0 saturated heterocycles. The number of rotatable bonds is 2. The molecule has 0 saturated carbocycles. The quantitative estimate of drug-likeness (QED) is 0.136. The minimum Gasteiger partial charge on any atom is -0.422 e. The van der Waals surface area contributed by atoms with Crippen LogP contribution in [0.4, 0.5) is 26.3 Å². The van der Waals surface area contributed by atoms with E-state index in [-0.39, 0.29) is 21.5 Å². The lowest BCUT2D eigenvalue weighted by Gasteiger charge is -2.14. The molecule has 4 rings (SSSR count). The molecule has 3 aromatic rings. The highest BCUT2D eigenvalue weighted by Gasteiger charge is 2.38. The summed E-state index contributed by atoms with van der Waals surface area (Å²) in [4.78, 5) is 12.5. The summed E-state index contributed by atoms with van der Waals surface area (Å²) in [6, 6.07) is 9.09. The number of ether oxygens (including phenoxy) is 1. The highest BCUT2D eigenvalue weighted by atomic mass is 79.9. The van der Waals surface area contributed by atoms with E-state index in [1.165, 1.54) is 6.07 Å².